The molecule has 588 valence electrons. The Balaban J connectivity index is 1.54. The lowest BCUT2D eigenvalue weighted by molar-refractivity contribution is -0.272. The molecule has 0 aromatic rings. The lowest BCUT2D eigenvalue weighted by Gasteiger charge is -2.42. The molecule has 0 spiro atoms. The molecule has 3 rings (SSSR count). The van der Waals surface area contributed by atoms with Crippen molar-refractivity contribution in [2.75, 3.05) is 178 Å². The third-order valence-corrected chi connectivity index (χ3v) is 16.8. The smallest absolute Gasteiger partial charge is 0.239 e. The molecular weight excluding hydrogens is 1390 g/mol. The van der Waals surface area contributed by atoms with Crippen LogP contribution in [0.4, 0.5) is 0 Å². The number of nitrogens with zero attached hydrogens (tertiary/aromatic N) is 2. The van der Waals surface area contributed by atoms with Gasteiger partial charge in [-0.05, 0) is 33.1 Å². The number of carbonyl (C=O) groups is 7. The number of nitrogens with one attached hydrogen (secondary N) is 6. The molecule has 0 aliphatic carbocycles. The number of ether oxygens (including phenoxy) is 12. The number of carbonyl (C=O) groups excluding carboxylic acids is 7. The first-order chi connectivity index (χ1) is 48.2. The minimum Gasteiger partial charge on any atom is -0.780 e. The monoisotopic (exact) mass is 1500 g/mol. The Morgan fingerprint density at radius 2 is 0.792 bits per heavy atom. The number of aliphatic hydroxyl groups is 9. The van der Waals surface area contributed by atoms with E-state index in [2.05, 4.69) is 31.9 Å². The van der Waals surface area contributed by atoms with E-state index in [0.29, 0.717) is 19.3 Å². The van der Waals surface area contributed by atoms with E-state index in [0.717, 1.165) is 0 Å². The Morgan fingerprint density at radius 1 is 0.455 bits per heavy atom. The molecule has 3 fully saturated rings. The summed E-state index contributed by atoms with van der Waals surface area (Å²) in [5.41, 5.74) is 0. The minimum atomic E-state index is -3.69. The maximum atomic E-state index is 13.8. The summed E-state index contributed by atoms with van der Waals surface area (Å²) in [4.78, 5) is 104. The van der Waals surface area contributed by atoms with Crippen molar-refractivity contribution < 1.29 is 150 Å². The van der Waals surface area contributed by atoms with Crippen molar-refractivity contribution in [3.63, 3.8) is 0 Å². The molecule has 0 aromatic heterocycles. The first kappa shape index (κ1) is 91.2. The van der Waals surface area contributed by atoms with Gasteiger partial charge in [0.05, 0.1) is 151 Å². The topological polar surface area (TPSA) is 533 Å². The van der Waals surface area contributed by atoms with E-state index in [1.807, 2.05) is 0 Å². The lowest BCUT2D eigenvalue weighted by atomic mass is 9.97. The van der Waals surface area contributed by atoms with E-state index in [-0.39, 0.29) is 177 Å². The maximum Gasteiger partial charge on any atom is 0.239 e. The molecule has 0 aromatic carbocycles. The number of unbranched alkanes of at least 4 members (excludes halogenated alkanes) is 2. The summed E-state index contributed by atoms with van der Waals surface area (Å²) in [5.74, 6) is -3.33. The Hall–Kier alpha value is -4.06. The lowest BCUT2D eigenvalue weighted by Crippen LogP contribution is -2.64. The molecule has 3 saturated heterocycles. The molecule has 16 atom stereocenters. The van der Waals surface area contributed by atoms with Gasteiger partial charge in [-0.15, -0.1) is 0 Å². The summed E-state index contributed by atoms with van der Waals surface area (Å²) in [6, 6.07) is -3.35. The fourth-order valence-corrected chi connectivity index (χ4v) is 11.8. The van der Waals surface area contributed by atoms with Gasteiger partial charge in [0.15, 0.2) is 18.9 Å². The number of hydrogen-bond acceptors (Lipinski definition) is 33. The average Bonchev–Trinajstić information content (AvgIpc) is 0.823. The van der Waals surface area contributed by atoms with E-state index in [1.54, 1.807) is 18.7 Å². The number of hydrogen-bond donors (Lipinski definition) is 15. The van der Waals surface area contributed by atoms with Crippen molar-refractivity contribution >= 4 is 59.9 Å². The second-order valence-electron chi connectivity index (χ2n) is 23.8. The zero-order valence-electron chi connectivity index (χ0n) is 58.1. The van der Waals surface area contributed by atoms with Crippen LogP contribution in [0.5, 0.6) is 0 Å². The van der Waals surface area contributed by atoms with Crippen molar-refractivity contribution in [3.05, 3.63) is 0 Å². The summed E-state index contributed by atoms with van der Waals surface area (Å²) in [5, 5.41) is 106. The van der Waals surface area contributed by atoms with Gasteiger partial charge in [0.25, 0.3) is 0 Å². The van der Waals surface area contributed by atoms with Crippen LogP contribution >= 0.6 is 6.72 Å². The number of amides is 7. The van der Waals surface area contributed by atoms with E-state index in [4.69, 9.17) is 77.7 Å². The second-order valence-corrected chi connectivity index (χ2v) is 26.5. The third-order valence-electron chi connectivity index (χ3n) is 15.1. The third kappa shape index (κ3) is 37.7. The van der Waals surface area contributed by atoms with Crippen molar-refractivity contribution in [3.8, 4) is 0 Å². The molecule has 39 nitrogen and oxygen atoms in total. The molecule has 101 heavy (non-hydrogen) atoms. The van der Waals surface area contributed by atoms with Gasteiger partial charge < -0.3 is 154 Å². The van der Waals surface area contributed by atoms with Crippen LogP contribution in [0.2, 0.25) is 0 Å². The standard InChI is InChI=1S/C60H111N8O31PS/c1-38(2)99-100(85,101)95-16-8-6-7-10-48(78)68(34-47(77)63-13-19-88-22-25-91-28-31-94-60-51(66-41(5)74)57(84)54(81)44(37-71)98-60)15-9-14-67(32-45(75)61-11-17-86-20-23-89-26-29-92-58-49(64-39(3)72)55(82)52(79)42(35-69)96-58)33-46(76)62-12-18-87-21-24-90-27-30-93-59-50(65-40(4)73)56(83)53(80)43(36-70)97-59/h38,42-44,49-60,69-71,79-84H,6-37H2,1-5H3,(H,61,75)(H,62,76)(H,63,77)(H,64,72)(H,65,73)(H,66,74)(H,85,101)/p-1. The summed E-state index contributed by atoms with van der Waals surface area (Å²) < 4.78 is 77.4. The first-order valence-electron chi connectivity index (χ1n) is 33.7. The Kier molecular flexibility index (Phi) is 46.9. The van der Waals surface area contributed by atoms with E-state index in [1.165, 1.54) is 25.7 Å². The molecule has 3 aliphatic rings. The highest BCUT2D eigenvalue weighted by molar-refractivity contribution is 8.06. The highest BCUT2D eigenvalue weighted by Gasteiger charge is 2.48. The van der Waals surface area contributed by atoms with E-state index in [9.17, 15) is 84.4 Å². The van der Waals surface area contributed by atoms with Gasteiger partial charge in [0.1, 0.15) is 79.8 Å². The van der Waals surface area contributed by atoms with Gasteiger partial charge in [-0.2, -0.15) is 0 Å². The normalized spacial score (nSPS) is 25.9. The summed E-state index contributed by atoms with van der Waals surface area (Å²) in [6.45, 7) is 1.77. The number of rotatable bonds is 55. The quantitative estimate of drug-likeness (QED) is 0.0199. The van der Waals surface area contributed by atoms with Gasteiger partial charge in [0, 0.05) is 59.9 Å². The fourth-order valence-electron chi connectivity index (χ4n) is 10.2. The average molecular weight is 1500 g/mol. The van der Waals surface area contributed by atoms with Crippen LogP contribution in [0, 0.1) is 0 Å². The fraction of sp³-hybridized carbons (Fsp3) is 0.883. The molecule has 0 bridgehead atoms. The van der Waals surface area contributed by atoms with Crippen molar-refractivity contribution in [2.24, 2.45) is 0 Å². The largest absolute Gasteiger partial charge is 0.780 e. The summed E-state index contributed by atoms with van der Waals surface area (Å²) in [6.07, 6.45) is -14.8. The van der Waals surface area contributed by atoms with Crippen LogP contribution in [0.1, 0.15) is 66.7 Å². The van der Waals surface area contributed by atoms with E-state index >= 15 is 0 Å². The predicted octanol–water partition coefficient (Wildman–Crippen LogP) is -8.58. The van der Waals surface area contributed by atoms with Gasteiger partial charge in [-0.3, -0.25) is 38.5 Å². The van der Waals surface area contributed by atoms with Crippen LogP contribution in [-0.2, 0) is 111 Å². The molecule has 3 heterocycles. The van der Waals surface area contributed by atoms with Crippen LogP contribution in [-0.4, -0.2) is 373 Å². The summed E-state index contributed by atoms with van der Waals surface area (Å²) in [7, 11) is 0. The summed E-state index contributed by atoms with van der Waals surface area (Å²) >= 11 is 4.93. The molecule has 0 radical (unpaired) electrons. The molecule has 16 unspecified atom stereocenters. The van der Waals surface area contributed by atoms with Gasteiger partial charge in [0.2, 0.25) is 41.4 Å². The Labute approximate surface area is 592 Å². The molecule has 41 heteroatoms. The zero-order valence-corrected chi connectivity index (χ0v) is 59.8. The Bertz CT molecular complexity index is 2330. The highest BCUT2D eigenvalue weighted by Crippen LogP contribution is 2.40. The van der Waals surface area contributed by atoms with Crippen molar-refractivity contribution in [2.45, 2.75) is 165 Å². The molecule has 0 saturated carbocycles. The number of aliphatic hydroxyl groups excluding tert-OH is 9. The second kappa shape index (κ2) is 52.0. The van der Waals surface area contributed by atoms with Crippen LogP contribution in [0.25, 0.3) is 0 Å². The molecule has 3 aliphatic heterocycles. The van der Waals surface area contributed by atoms with Crippen LogP contribution < -0.4 is 36.8 Å². The maximum absolute atomic E-state index is 13.8. The van der Waals surface area contributed by atoms with Crippen molar-refractivity contribution in [1.29, 1.82) is 0 Å². The van der Waals surface area contributed by atoms with Gasteiger partial charge in [-0.1, -0.05) is 18.2 Å². The SMILES string of the molecule is CC(=O)NC1C(OCCOCCOCCNC(=O)CN(CCCN(CC(=O)NCCOCCOCCOC2OC(CO)C(O)C(O)C2NC(C)=O)C(=O)CCCCCOP([O-])(=S)OC(C)C)CC(=O)NCCOCCOCCOC2OC(CO)C(O)C(O)C2NC(C)=O)OC(CO)C(O)C1O. The van der Waals surface area contributed by atoms with Gasteiger partial charge >= 0.3 is 0 Å². The zero-order chi connectivity index (χ0) is 74.7. The minimum absolute atomic E-state index is 0.0249. The predicted molar refractivity (Wildman–Crippen MR) is 350 cm³/mol. The van der Waals surface area contributed by atoms with E-state index < -0.39 is 160 Å². The van der Waals surface area contributed by atoms with Crippen LogP contribution in [0.3, 0.4) is 0 Å². The Morgan fingerprint density at radius 3 is 1.13 bits per heavy atom. The molecule has 7 amide bonds. The molecule has 15 N–H and O–H groups in total. The van der Waals surface area contributed by atoms with Crippen molar-refractivity contribution in [1.82, 2.24) is 41.7 Å². The first-order valence-corrected chi connectivity index (χ1v) is 36.2. The highest BCUT2D eigenvalue weighted by atomic mass is 32.5. The van der Waals surface area contributed by atoms with Gasteiger partial charge in [-0.25, -0.2) is 0 Å². The molecular formula is C60H110N8O31PS-. The van der Waals surface area contributed by atoms with Crippen LogP contribution in [0.15, 0.2) is 0 Å².